The largest absolute Gasteiger partial charge is 0.349 e. The zero-order valence-electron chi connectivity index (χ0n) is 9.46. The Hall–Kier alpha value is -0.540. The number of nitrogens with one attached hydrogen (secondary N) is 2. The van der Waals surface area contributed by atoms with Crippen molar-refractivity contribution in [2.45, 2.75) is 26.8 Å². The van der Waals surface area contributed by atoms with Crippen LogP contribution < -0.4 is 10.6 Å². The number of hydrogen-bond donors (Lipinski definition) is 2. The van der Waals surface area contributed by atoms with Gasteiger partial charge in [0, 0.05) is 24.7 Å². The van der Waals surface area contributed by atoms with Gasteiger partial charge in [0.05, 0.1) is 0 Å². The van der Waals surface area contributed by atoms with E-state index in [1.54, 1.807) is 0 Å². The Morgan fingerprint density at radius 1 is 1.20 bits per heavy atom. The minimum atomic E-state index is 0. The van der Waals surface area contributed by atoms with Gasteiger partial charge >= 0.3 is 0 Å². The van der Waals surface area contributed by atoms with Gasteiger partial charge in [0.15, 0.2) is 0 Å². The van der Waals surface area contributed by atoms with E-state index in [0.29, 0.717) is 17.9 Å². The van der Waals surface area contributed by atoms with Crippen LogP contribution in [0, 0.1) is 11.8 Å². The van der Waals surface area contributed by atoms with E-state index in [9.17, 15) is 4.79 Å². The third-order valence-electron chi connectivity index (χ3n) is 3.48. The highest BCUT2D eigenvalue weighted by Crippen LogP contribution is 2.41. The maximum absolute atomic E-state index is 11.7. The predicted molar refractivity (Wildman–Crippen MR) is 63.1 cm³/mol. The number of halogens is 1. The summed E-state index contributed by atoms with van der Waals surface area (Å²) in [6, 6.07) is 0.443. The SMILES string of the molecule is CC(C)=C(C)C(=O)NC1C2CNCC21.Cl. The fourth-order valence-electron chi connectivity index (χ4n) is 2.12. The lowest BCUT2D eigenvalue weighted by atomic mass is 10.1. The molecule has 15 heavy (non-hydrogen) atoms. The molecule has 0 aromatic heterocycles. The lowest BCUT2D eigenvalue weighted by molar-refractivity contribution is -0.117. The van der Waals surface area contributed by atoms with Crippen molar-refractivity contribution in [3.8, 4) is 0 Å². The second kappa shape index (κ2) is 4.54. The molecule has 2 unspecified atom stereocenters. The van der Waals surface area contributed by atoms with Crippen molar-refractivity contribution in [2.24, 2.45) is 11.8 Å². The number of hydrogen-bond acceptors (Lipinski definition) is 2. The molecule has 2 fully saturated rings. The Morgan fingerprint density at radius 2 is 1.73 bits per heavy atom. The maximum Gasteiger partial charge on any atom is 0.247 e. The topological polar surface area (TPSA) is 41.1 Å². The lowest BCUT2D eigenvalue weighted by Gasteiger charge is -2.08. The van der Waals surface area contributed by atoms with E-state index < -0.39 is 0 Å². The number of fused-ring (bicyclic) bond motifs is 1. The van der Waals surface area contributed by atoms with Crippen LogP contribution in [0.1, 0.15) is 20.8 Å². The first-order valence-corrected chi connectivity index (χ1v) is 5.27. The maximum atomic E-state index is 11.7. The van der Waals surface area contributed by atoms with Gasteiger partial charge in [-0.15, -0.1) is 12.4 Å². The molecule has 1 saturated carbocycles. The van der Waals surface area contributed by atoms with E-state index in [0.717, 1.165) is 24.2 Å². The summed E-state index contributed by atoms with van der Waals surface area (Å²) in [4.78, 5) is 11.7. The third kappa shape index (κ3) is 2.34. The van der Waals surface area contributed by atoms with Crippen molar-refractivity contribution >= 4 is 18.3 Å². The number of allylic oxidation sites excluding steroid dienone is 1. The molecule has 2 N–H and O–H groups in total. The second-order valence-electron chi connectivity index (χ2n) is 4.61. The van der Waals surface area contributed by atoms with Gasteiger partial charge < -0.3 is 10.6 Å². The van der Waals surface area contributed by atoms with Crippen molar-refractivity contribution in [2.75, 3.05) is 13.1 Å². The molecule has 2 rings (SSSR count). The summed E-state index contributed by atoms with van der Waals surface area (Å²) >= 11 is 0. The molecular weight excluding hydrogens is 212 g/mol. The summed E-state index contributed by atoms with van der Waals surface area (Å²) in [5.41, 5.74) is 1.97. The highest BCUT2D eigenvalue weighted by Gasteiger charge is 2.53. The molecule has 0 aromatic carbocycles. The van der Waals surface area contributed by atoms with Gasteiger partial charge in [0.1, 0.15) is 0 Å². The number of piperidine rings is 1. The summed E-state index contributed by atoms with van der Waals surface area (Å²) in [7, 11) is 0. The average molecular weight is 231 g/mol. The molecule has 1 aliphatic heterocycles. The van der Waals surface area contributed by atoms with Crippen molar-refractivity contribution in [1.82, 2.24) is 10.6 Å². The minimum absolute atomic E-state index is 0. The van der Waals surface area contributed by atoms with E-state index in [1.165, 1.54) is 0 Å². The van der Waals surface area contributed by atoms with Crippen LogP contribution in [0.25, 0.3) is 0 Å². The van der Waals surface area contributed by atoms with E-state index in [2.05, 4.69) is 10.6 Å². The first-order valence-electron chi connectivity index (χ1n) is 5.27. The average Bonchev–Trinajstić information content (AvgIpc) is 2.63. The summed E-state index contributed by atoms with van der Waals surface area (Å²) < 4.78 is 0. The van der Waals surface area contributed by atoms with E-state index in [1.807, 2.05) is 20.8 Å². The molecule has 3 nitrogen and oxygen atoms in total. The van der Waals surface area contributed by atoms with Crippen molar-refractivity contribution in [3.05, 3.63) is 11.1 Å². The first kappa shape index (κ1) is 12.5. The molecule has 2 atom stereocenters. The van der Waals surface area contributed by atoms with Gasteiger partial charge in [-0.05, 0) is 32.6 Å². The van der Waals surface area contributed by atoms with Gasteiger partial charge in [-0.2, -0.15) is 0 Å². The molecular formula is C11H19ClN2O. The molecule has 1 heterocycles. The van der Waals surface area contributed by atoms with Crippen LogP contribution in [0.3, 0.4) is 0 Å². The summed E-state index contributed by atoms with van der Waals surface area (Å²) in [5, 5.41) is 6.41. The molecule has 1 saturated heterocycles. The molecule has 1 amide bonds. The van der Waals surface area contributed by atoms with E-state index in [-0.39, 0.29) is 18.3 Å². The quantitative estimate of drug-likeness (QED) is 0.698. The van der Waals surface area contributed by atoms with Gasteiger partial charge in [0.25, 0.3) is 0 Å². The van der Waals surface area contributed by atoms with E-state index in [4.69, 9.17) is 0 Å². The number of amides is 1. The predicted octanol–water partition coefficient (Wildman–Crippen LogP) is 1.10. The van der Waals surface area contributed by atoms with Crippen LogP contribution in [-0.4, -0.2) is 25.0 Å². The zero-order valence-corrected chi connectivity index (χ0v) is 10.3. The highest BCUT2D eigenvalue weighted by atomic mass is 35.5. The monoisotopic (exact) mass is 230 g/mol. The fourth-order valence-corrected chi connectivity index (χ4v) is 2.12. The van der Waals surface area contributed by atoms with Gasteiger partial charge in [-0.25, -0.2) is 0 Å². The van der Waals surface area contributed by atoms with Crippen LogP contribution in [0.15, 0.2) is 11.1 Å². The van der Waals surface area contributed by atoms with Crippen molar-refractivity contribution in [3.63, 3.8) is 0 Å². The molecule has 1 aliphatic carbocycles. The molecule has 4 heteroatoms. The van der Waals surface area contributed by atoms with Crippen LogP contribution in [0.2, 0.25) is 0 Å². The summed E-state index contributed by atoms with van der Waals surface area (Å²) in [5.74, 6) is 1.51. The van der Waals surface area contributed by atoms with Gasteiger partial charge in [-0.1, -0.05) is 5.57 Å². The fraction of sp³-hybridized carbons (Fsp3) is 0.727. The number of carbonyl (C=O) groups is 1. The molecule has 0 spiro atoms. The summed E-state index contributed by atoms with van der Waals surface area (Å²) in [6.45, 7) is 7.99. The molecule has 86 valence electrons. The molecule has 0 bridgehead atoms. The second-order valence-corrected chi connectivity index (χ2v) is 4.61. The molecule has 0 radical (unpaired) electrons. The summed E-state index contributed by atoms with van der Waals surface area (Å²) in [6.07, 6.45) is 0. The van der Waals surface area contributed by atoms with Crippen LogP contribution in [-0.2, 0) is 4.79 Å². The highest BCUT2D eigenvalue weighted by molar-refractivity contribution is 5.93. The minimum Gasteiger partial charge on any atom is -0.349 e. The van der Waals surface area contributed by atoms with Gasteiger partial charge in [-0.3, -0.25) is 4.79 Å². The normalized spacial score (nSPS) is 31.3. The van der Waals surface area contributed by atoms with Crippen molar-refractivity contribution < 1.29 is 4.79 Å². The Kier molecular flexibility index (Phi) is 3.79. The van der Waals surface area contributed by atoms with Crippen LogP contribution >= 0.6 is 12.4 Å². The first-order chi connectivity index (χ1) is 6.61. The van der Waals surface area contributed by atoms with Gasteiger partial charge in [0.2, 0.25) is 5.91 Å². The Balaban J connectivity index is 0.00000112. The Morgan fingerprint density at radius 3 is 2.20 bits per heavy atom. The number of carbonyl (C=O) groups excluding carboxylic acids is 1. The standard InChI is InChI=1S/C11H18N2O.ClH/c1-6(2)7(3)11(14)13-10-8-4-12-5-9(8)10;/h8-10,12H,4-5H2,1-3H3,(H,13,14);1H. The Bertz CT molecular complexity index is 287. The van der Waals surface area contributed by atoms with Crippen LogP contribution in [0.4, 0.5) is 0 Å². The molecule has 2 aliphatic rings. The van der Waals surface area contributed by atoms with Crippen LogP contribution in [0.5, 0.6) is 0 Å². The van der Waals surface area contributed by atoms with E-state index >= 15 is 0 Å². The Labute approximate surface area is 97.1 Å². The molecule has 0 aromatic rings. The zero-order chi connectivity index (χ0) is 10.3. The third-order valence-corrected chi connectivity index (χ3v) is 3.48. The smallest absolute Gasteiger partial charge is 0.247 e. The lowest BCUT2D eigenvalue weighted by Crippen LogP contribution is -2.33. The van der Waals surface area contributed by atoms with Crippen molar-refractivity contribution in [1.29, 1.82) is 0 Å². The number of rotatable bonds is 2.